The van der Waals surface area contributed by atoms with Crippen LogP contribution in [0.25, 0.3) is 18.2 Å². The fourth-order valence-electron chi connectivity index (χ4n) is 6.50. The van der Waals surface area contributed by atoms with Crippen LogP contribution in [0.15, 0.2) is 16.2 Å². The van der Waals surface area contributed by atoms with E-state index in [1.54, 1.807) is 6.92 Å². The van der Waals surface area contributed by atoms with Crippen LogP contribution in [0.2, 0.25) is 0 Å². The molecule has 2 amide bonds. The van der Waals surface area contributed by atoms with Crippen molar-refractivity contribution < 1.29 is 29.4 Å². The van der Waals surface area contributed by atoms with Crippen molar-refractivity contribution in [3.63, 3.8) is 0 Å². The lowest BCUT2D eigenvalue weighted by molar-refractivity contribution is -0.138. The molecule has 2 aliphatic heterocycles. The number of carbonyl (C=O) groups is 4. The van der Waals surface area contributed by atoms with Gasteiger partial charge in [-0.2, -0.15) is 12.6 Å². The summed E-state index contributed by atoms with van der Waals surface area (Å²) in [6.45, 7) is 11.4. The summed E-state index contributed by atoms with van der Waals surface area (Å²) >= 11 is 9.02. The minimum Gasteiger partial charge on any atom is -0.481 e. The maximum atomic E-state index is 12.6. The number of carbonyl (C=O) groups excluding carboxylic acids is 2. The molecule has 5 atom stereocenters. The van der Waals surface area contributed by atoms with Crippen LogP contribution in [0.4, 0.5) is 0 Å². The Kier molecular flexibility index (Phi) is 10.5. The van der Waals surface area contributed by atoms with Gasteiger partial charge in [0.1, 0.15) is 0 Å². The number of carboxylic acids is 2. The van der Waals surface area contributed by atoms with E-state index in [0.29, 0.717) is 21.5 Å². The smallest absolute Gasteiger partial charge is 0.303 e. The lowest BCUT2D eigenvalue weighted by atomic mass is 9.91. The predicted octanol–water partition coefficient (Wildman–Crippen LogP) is 2.98. The van der Waals surface area contributed by atoms with Crippen molar-refractivity contribution in [3.05, 3.63) is 60.5 Å². The van der Waals surface area contributed by atoms with Gasteiger partial charge in [0.25, 0.3) is 0 Å². The highest BCUT2D eigenvalue weighted by atomic mass is 32.1. The summed E-state index contributed by atoms with van der Waals surface area (Å²) in [5.74, 6) is -2.52. The molecule has 4 heterocycles. The van der Waals surface area contributed by atoms with Gasteiger partial charge in [-0.05, 0) is 79.0 Å². The second-order valence-corrected chi connectivity index (χ2v) is 13.6. The Morgan fingerprint density at radius 1 is 0.911 bits per heavy atom. The fourth-order valence-corrected chi connectivity index (χ4v) is 7.23. The molecule has 4 rings (SSSR count). The Labute approximate surface area is 273 Å². The molecule has 0 aromatic carbocycles. The summed E-state index contributed by atoms with van der Waals surface area (Å²) in [6.07, 6.45) is 6.14. The molecule has 0 spiro atoms. The number of aromatic nitrogens is 2. The van der Waals surface area contributed by atoms with Gasteiger partial charge in [-0.25, -0.2) is 0 Å². The number of allylic oxidation sites excluding steroid dienone is 2. The minimum atomic E-state index is -0.922. The first kappa shape index (κ1) is 34.2. The third-order valence-corrected chi connectivity index (χ3v) is 9.60. The first-order valence-electron chi connectivity index (χ1n) is 15.1. The van der Waals surface area contributed by atoms with Crippen LogP contribution in [0.3, 0.4) is 0 Å². The van der Waals surface area contributed by atoms with E-state index < -0.39 is 11.9 Å². The second kappa shape index (κ2) is 13.8. The first-order valence-corrected chi connectivity index (χ1v) is 16.0. The number of nitrogens with one attached hydrogen (secondary N) is 4. The molecule has 2 aromatic rings. The van der Waals surface area contributed by atoms with Gasteiger partial charge < -0.3 is 30.8 Å². The van der Waals surface area contributed by atoms with Crippen molar-refractivity contribution in [3.8, 4) is 0 Å². The van der Waals surface area contributed by atoms with Gasteiger partial charge in [0.15, 0.2) is 0 Å². The lowest BCUT2D eigenvalue weighted by Crippen LogP contribution is -2.28. The molecule has 6 N–H and O–H groups in total. The number of aromatic amines is 2. The van der Waals surface area contributed by atoms with E-state index in [4.69, 9.17) is 0 Å². The molecule has 0 aliphatic carbocycles. The topological polar surface area (TPSA) is 164 Å². The Balaban J connectivity index is 1.88. The van der Waals surface area contributed by atoms with E-state index >= 15 is 0 Å². The van der Waals surface area contributed by atoms with E-state index in [-0.39, 0.29) is 66.5 Å². The first-order chi connectivity index (χ1) is 21.1. The normalized spacial score (nSPS) is 25.2. The second-order valence-electron chi connectivity index (χ2n) is 12.1. The number of rotatable bonds is 10. The van der Waals surface area contributed by atoms with Crippen LogP contribution >= 0.6 is 25.3 Å². The molecule has 0 saturated carbocycles. The Bertz CT molecular complexity index is 1730. The number of H-pyrrole nitrogens is 2. The zero-order valence-corrected chi connectivity index (χ0v) is 28.2. The number of thiol groups is 2. The van der Waals surface area contributed by atoms with Gasteiger partial charge in [0.05, 0.1) is 6.04 Å². The van der Waals surface area contributed by atoms with Gasteiger partial charge in [-0.15, -0.1) is 12.6 Å². The zero-order chi connectivity index (χ0) is 33.3. The molecule has 2 saturated heterocycles. The molecular weight excluding hydrogens is 613 g/mol. The maximum absolute atomic E-state index is 12.6. The van der Waals surface area contributed by atoms with Crippen molar-refractivity contribution in [2.45, 2.75) is 78.5 Å². The van der Waals surface area contributed by atoms with Gasteiger partial charge in [-0.3, -0.25) is 19.2 Å². The Morgan fingerprint density at radius 2 is 1.53 bits per heavy atom. The van der Waals surface area contributed by atoms with E-state index in [1.165, 1.54) is 0 Å². The van der Waals surface area contributed by atoms with Gasteiger partial charge in [0.2, 0.25) is 11.8 Å². The van der Waals surface area contributed by atoms with Gasteiger partial charge >= 0.3 is 11.9 Å². The van der Waals surface area contributed by atoms with Crippen molar-refractivity contribution in [2.24, 2.45) is 17.8 Å². The number of hydrogen-bond acceptors (Lipinski definition) is 6. The molecule has 1 unspecified atom stereocenters. The average Bonchev–Trinajstić information content (AvgIpc) is 3.59. The standard InChI is InChI=1S/C33H42N4O6S2/c1-14-20(7-9-28(38)39)25(34-22(14)11-24-16(3)31(19(6)45)33(43)36-24)13-26-21(8-10-29(40)41)15(2)23(35-26)12-27-30(18(5)44)17(4)32(42)37-27/h11-13,16-18,24,30,34-35,44-45H,7-10H2,1-6H3,(H,36,43)(H,37,42)(H,38,39)(H,40,41)/b22-11+,25-13-,27-12-,31-19+/t16?,17-,18+,24-,30+/m1/s1. The third-order valence-electron chi connectivity index (χ3n) is 9.04. The average molecular weight is 655 g/mol. The monoisotopic (exact) mass is 654 g/mol. The summed E-state index contributed by atoms with van der Waals surface area (Å²) in [5.41, 5.74) is 6.19. The van der Waals surface area contributed by atoms with Gasteiger partial charge in [0, 0.05) is 69.2 Å². The molecule has 2 aromatic heterocycles. The number of carboxylic acid groups (broad SMARTS) is 2. The number of amides is 2. The summed E-state index contributed by atoms with van der Waals surface area (Å²) in [4.78, 5) is 55.8. The zero-order valence-electron chi connectivity index (χ0n) is 26.4. The molecule has 10 nitrogen and oxygen atoms in total. The lowest BCUT2D eigenvalue weighted by Gasteiger charge is -2.17. The van der Waals surface area contributed by atoms with Crippen molar-refractivity contribution in [1.82, 2.24) is 20.6 Å². The van der Waals surface area contributed by atoms with E-state index in [1.807, 2.05) is 52.8 Å². The molecule has 242 valence electrons. The number of aliphatic carboxylic acids is 2. The van der Waals surface area contributed by atoms with Crippen LogP contribution in [0.5, 0.6) is 0 Å². The van der Waals surface area contributed by atoms with Crippen molar-refractivity contribution >= 4 is 67.2 Å². The third kappa shape index (κ3) is 7.27. The van der Waals surface area contributed by atoms with Crippen LogP contribution in [0.1, 0.15) is 74.2 Å². The number of hydrogen-bond donors (Lipinski definition) is 8. The highest BCUT2D eigenvalue weighted by Gasteiger charge is 2.38. The molecule has 2 aliphatic rings. The van der Waals surface area contributed by atoms with E-state index in [0.717, 1.165) is 39.0 Å². The van der Waals surface area contributed by atoms with E-state index in [2.05, 4.69) is 45.9 Å². The summed E-state index contributed by atoms with van der Waals surface area (Å²) in [5, 5.41) is 26.3. The molecule has 45 heavy (non-hydrogen) atoms. The summed E-state index contributed by atoms with van der Waals surface area (Å²) < 4.78 is 0. The van der Waals surface area contributed by atoms with E-state index in [9.17, 15) is 29.4 Å². The molecular formula is C33H42N4O6S2. The summed E-state index contributed by atoms with van der Waals surface area (Å²) in [7, 11) is 0. The van der Waals surface area contributed by atoms with Crippen molar-refractivity contribution in [2.75, 3.05) is 0 Å². The molecule has 12 heteroatoms. The van der Waals surface area contributed by atoms with Gasteiger partial charge in [-0.1, -0.05) is 20.8 Å². The SMILES string of the molecule is C/C(S)=C1\C(=O)N[C@H](/C=c2/[nH]/c(=C\c3[nH]c(/C=C4\NC(=O)[C@H](C)[C@H]4[C@H](C)S)c(C)c3CCC(=O)O)c(CCC(=O)O)c2C)C1C. The molecule has 0 radical (unpaired) electrons. The van der Waals surface area contributed by atoms with Crippen LogP contribution < -0.4 is 21.3 Å². The largest absolute Gasteiger partial charge is 0.481 e. The fraction of sp³-hybridized carbons (Fsp3) is 0.455. The van der Waals surface area contributed by atoms with Crippen molar-refractivity contribution in [1.29, 1.82) is 0 Å². The van der Waals surface area contributed by atoms with Crippen LogP contribution in [-0.4, -0.2) is 55.2 Å². The minimum absolute atomic E-state index is 0.0668. The molecule has 0 bridgehead atoms. The maximum Gasteiger partial charge on any atom is 0.303 e. The quantitative estimate of drug-likeness (QED) is 0.145. The molecule has 2 fully saturated rings. The summed E-state index contributed by atoms with van der Waals surface area (Å²) in [6, 6.07) is -0.282. The Hall–Kier alpha value is -3.64. The highest BCUT2D eigenvalue weighted by molar-refractivity contribution is 7.84. The Morgan fingerprint density at radius 3 is 2.09 bits per heavy atom. The van der Waals surface area contributed by atoms with Crippen LogP contribution in [0, 0.1) is 31.6 Å². The highest BCUT2D eigenvalue weighted by Crippen LogP contribution is 2.34. The van der Waals surface area contributed by atoms with Crippen LogP contribution in [-0.2, 0) is 32.0 Å². The predicted molar refractivity (Wildman–Crippen MR) is 180 cm³/mol.